The van der Waals surface area contributed by atoms with Crippen LogP contribution < -0.4 is 5.56 Å². The predicted molar refractivity (Wildman–Crippen MR) is 117 cm³/mol. The molecule has 8 heteroatoms. The highest BCUT2D eigenvalue weighted by Crippen LogP contribution is 2.41. The van der Waals surface area contributed by atoms with Crippen molar-refractivity contribution in [3.05, 3.63) is 61.5 Å². The number of rotatable bonds is 5. The Labute approximate surface area is 182 Å². The van der Waals surface area contributed by atoms with E-state index in [0.29, 0.717) is 39.7 Å². The van der Waals surface area contributed by atoms with E-state index >= 15 is 0 Å². The van der Waals surface area contributed by atoms with Gasteiger partial charge >= 0.3 is 5.97 Å². The highest BCUT2D eigenvalue weighted by atomic mass is 35.5. The number of esters is 1. The zero-order valence-electron chi connectivity index (χ0n) is 16.7. The third kappa shape index (κ3) is 3.68. The number of fused-ring (bicyclic) bond motifs is 3. The molecule has 6 nitrogen and oxygen atoms in total. The molecule has 1 aromatic carbocycles. The largest absolute Gasteiger partial charge is 0.466 e. The maximum absolute atomic E-state index is 13.4. The number of ether oxygens (including phenoxy) is 1. The molecule has 0 radical (unpaired) electrons. The summed E-state index contributed by atoms with van der Waals surface area (Å²) < 4.78 is 6.65. The van der Waals surface area contributed by atoms with Crippen molar-refractivity contribution in [2.45, 2.75) is 45.6 Å². The lowest BCUT2D eigenvalue weighted by Crippen LogP contribution is -2.29. The van der Waals surface area contributed by atoms with E-state index in [1.54, 1.807) is 38.1 Å². The van der Waals surface area contributed by atoms with Gasteiger partial charge in [-0.3, -0.25) is 19.0 Å². The van der Waals surface area contributed by atoms with Crippen LogP contribution in [0.4, 0.5) is 0 Å². The molecular weight excluding hydrogens is 424 g/mol. The van der Waals surface area contributed by atoms with Crippen LogP contribution in [0, 0.1) is 6.92 Å². The van der Waals surface area contributed by atoms with Gasteiger partial charge in [-0.05, 0) is 62.9 Å². The summed E-state index contributed by atoms with van der Waals surface area (Å²) in [5, 5.41) is 0.986. The number of Topliss-reactive ketones (excluding diaryl/α,β-unsaturated/α-hetero) is 1. The summed E-state index contributed by atoms with van der Waals surface area (Å²) in [4.78, 5) is 45.0. The molecule has 3 aromatic rings. The number of halogens is 1. The van der Waals surface area contributed by atoms with Gasteiger partial charge in [0.15, 0.2) is 5.78 Å². The average Bonchev–Trinajstić information content (AvgIpc) is 3.09. The van der Waals surface area contributed by atoms with Gasteiger partial charge in [0, 0.05) is 15.5 Å². The second-order valence-corrected chi connectivity index (χ2v) is 8.82. The zero-order valence-corrected chi connectivity index (χ0v) is 18.3. The van der Waals surface area contributed by atoms with Crippen molar-refractivity contribution in [2.75, 3.05) is 6.61 Å². The van der Waals surface area contributed by atoms with E-state index in [-0.39, 0.29) is 23.9 Å². The third-order valence-electron chi connectivity index (χ3n) is 5.40. The maximum atomic E-state index is 13.4. The minimum absolute atomic E-state index is 0.121. The Morgan fingerprint density at radius 1 is 1.30 bits per heavy atom. The van der Waals surface area contributed by atoms with Crippen molar-refractivity contribution < 1.29 is 14.3 Å². The van der Waals surface area contributed by atoms with Crippen LogP contribution in [0.5, 0.6) is 0 Å². The van der Waals surface area contributed by atoms with Crippen molar-refractivity contribution >= 4 is 44.9 Å². The molecule has 2 aromatic heterocycles. The number of hydrogen-bond acceptors (Lipinski definition) is 6. The van der Waals surface area contributed by atoms with Gasteiger partial charge in [0.1, 0.15) is 10.7 Å². The molecule has 1 aliphatic rings. The fourth-order valence-corrected chi connectivity index (χ4v) is 5.39. The third-order valence-corrected chi connectivity index (χ3v) is 6.81. The predicted octanol–water partition coefficient (Wildman–Crippen LogP) is 4.29. The molecule has 1 aliphatic carbocycles. The molecule has 0 fully saturated rings. The SMILES string of the molecule is CCOC(=O)C1CCCc2sc3nc(C)n(CC(=O)c4ccc(Cl)cc4)c(=O)c3c21. The number of aryl methyl sites for hydroxylation is 2. The molecule has 0 spiro atoms. The molecular formula is C22H21ClN2O4S. The quantitative estimate of drug-likeness (QED) is 0.433. The molecule has 2 heterocycles. The van der Waals surface area contributed by atoms with E-state index in [1.165, 1.54) is 15.9 Å². The average molecular weight is 445 g/mol. The molecule has 4 rings (SSSR count). The van der Waals surface area contributed by atoms with Crippen LogP contribution in [-0.2, 0) is 22.5 Å². The van der Waals surface area contributed by atoms with E-state index in [4.69, 9.17) is 16.3 Å². The van der Waals surface area contributed by atoms with Gasteiger partial charge in [-0.15, -0.1) is 11.3 Å². The van der Waals surface area contributed by atoms with Crippen molar-refractivity contribution in [3.8, 4) is 0 Å². The first-order valence-electron chi connectivity index (χ1n) is 9.88. The Morgan fingerprint density at radius 3 is 2.73 bits per heavy atom. The van der Waals surface area contributed by atoms with Crippen molar-refractivity contribution in [1.82, 2.24) is 9.55 Å². The summed E-state index contributed by atoms with van der Waals surface area (Å²) in [6.45, 7) is 3.67. The van der Waals surface area contributed by atoms with Crippen LogP contribution in [0.3, 0.4) is 0 Å². The summed E-state index contributed by atoms with van der Waals surface area (Å²) in [7, 11) is 0. The van der Waals surface area contributed by atoms with Gasteiger partial charge in [-0.25, -0.2) is 4.98 Å². The van der Waals surface area contributed by atoms with Gasteiger partial charge in [0.25, 0.3) is 5.56 Å². The van der Waals surface area contributed by atoms with Crippen LogP contribution in [0.1, 0.15) is 52.3 Å². The molecule has 0 aliphatic heterocycles. The fraction of sp³-hybridized carbons (Fsp3) is 0.364. The van der Waals surface area contributed by atoms with Gasteiger partial charge in [-0.2, -0.15) is 0 Å². The van der Waals surface area contributed by atoms with Gasteiger partial charge in [0.05, 0.1) is 24.5 Å². The first kappa shape index (κ1) is 20.8. The first-order valence-corrected chi connectivity index (χ1v) is 11.1. The Bertz CT molecular complexity index is 1200. The lowest BCUT2D eigenvalue weighted by Gasteiger charge is -2.21. The molecule has 0 saturated carbocycles. The van der Waals surface area contributed by atoms with Crippen LogP contribution >= 0.6 is 22.9 Å². The summed E-state index contributed by atoms with van der Waals surface area (Å²) in [5.41, 5.74) is 0.931. The molecule has 1 atom stereocenters. The monoisotopic (exact) mass is 444 g/mol. The van der Waals surface area contributed by atoms with Gasteiger partial charge < -0.3 is 4.74 Å². The normalized spacial score (nSPS) is 15.8. The zero-order chi connectivity index (χ0) is 21.4. The highest BCUT2D eigenvalue weighted by Gasteiger charge is 2.33. The molecule has 0 amide bonds. The number of carbonyl (C=O) groups is 2. The van der Waals surface area contributed by atoms with Crippen molar-refractivity contribution in [3.63, 3.8) is 0 Å². The van der Waals surface area contributed by atoms with Gasteiger partial charge in [-0.1, -0.05) is 11.6 Å². The van der Waals surface area contributed by atoms with Crippen LogP contribution in [0.15, 0.2) is 29.1 Å². The van der Waals surface area contributed by atoms with E-state index in [0.717, 1.165) is 23.3 Å². The molecule has 30 heavy (non-hydrogen) atoms. The molecule has 1 unspecified atom stereocenters. The standard InChI is InChI=1S/C22H21ClN2O4S/c1-3-29-22(28)15-5-4-6-17-18(15)19-20(30-17)24-12(2)25(21(19)27)11-16(26)13-7-9-14(23)10-8-13/h7-10,15H,3-6,11H2,1-2H3. The lowest BCUT2D eigenvalue weighted by molar-refractivity contribution is -0.145. The minimum Gasteiger partial charge on any atom is -0.466 e. The number of carbonyl (C=O) groups excluding carboxylic acids is 2. The maximum Gasteiger partial charge on any atom is 0.313 e. The summed E-state index contributed by atoms with van der Waals surface area (Å²) >= 11 is 7.36. The number of thiophene rings is 1. The Morgan fingerprint density at radius 2 is 2.03 bits per heavy atom. The number of aromatic nitrogens is 2. The van der Waals surface area contributed by atoms with Crippen molar-refractivity contribution in [2.24, 2.45) is 0 Å². The Hall–Kier alpha value is -2.51. The first-order chi connectivity index (χ1) is 14.4. The summed E-state index contributed by atoms with van der Waals surface area (Å²) in [6, 6.07) is 6.57. The smallest absolute Gasteiger partial charge is 0.313 e. The highest BCUT2D eigenvalue weighted by molar-refractivity contribution is 7.18. The number of ketones is 1. The summed E-state index contributed by atoms with van der Waals surface area (Å²) in [5.74, 6) is -0.493. The van der Waals surface area contributed by atoms with E-state index in [1.807, 2.05) is 0 Å². The number of hydrogen-bond donors (Lipinski definition) is 0. The molecule has 0 bridgehead atoms. The van der Waals surface area contributed by atoms with E-state index < -0.39 is 5.92 Å². The lowest BCUT2D eigenvalue weighted by atomic mass is 9.86. The number of benzene rings is 1. The van der Waals surface area contributed by atoms with Crippen molar-refractivity contribution in [1.29, 1.82) is 0 Å². The van der Waals surface area contributed by atoms with E-state index in [2.05, 4.69) is 4.98 Å². The number of nitrogens with zero attached hydrogens (tertiary/aromatic N) is 2. The topological polar surface area (TPSA) is 78.3 Å². The van der Waals surface area contributed by atoms with Crippen LogP contribution in [-0.4, -0.2) is 27.9 Å². The molecule has 0 saturated heterocycles. The van der Waals surface area contributed by atoms with Crippen LogP contribution in [0.25, 0.3) is 10.2 Å². The Balaban J connectivity index is 1.80. The molecule has 0 N–H and O–H groups in total. The fourth-order valence-electron chi connectivity index (χ4n) is 3.95. The van der Waals surface area contributed by atoms with Gasteiger partial charge in [0.2, 0.25) is 0 Å². The van der Waals surface area contributed by atoms with Crippen LogP contribution in [0.2, 0.25) is 5.02 Å². The Kier molecular flexibility index (Phi) is 5.75. The van der Waals surface area contributed by atoms with E-state index in [9.17, 15) is 14.4 Å². The second-order valence-electron chi connectivity index (χ2n) is 7.30. The second kappa shape index (κ2) is 8.32. The molecule has 156 valence electrons. The minimum atomic E-state index is -0.458. The summed E-state index contributed by atoms with van der Waals surface area (Å²) in [6.07, 6.45) is 2.33.